The van der Waals surface area contributed by atoms with Gasteiger partial charge in [-0.05, 0) is 52.8 Å². The molecule has 16 heteroatoms. The molecule has 0 unspecified atom stereocenters. The molecule has 0 radical (unpaired) electrons. The lowest BCUT2D eigenvalue weighted by Gasteiger charge is -2.28. The molecule has 0 spiro atoms. The Hall–Kier alpha value is -3.89. The Labute approximate surface area is 257 Å². The first kappa shape index (κ1) is 33.0. The standard InChI is InChI=1S/C28H35FN6O7S2/c1-16(2)32-26(37)28(4,5)34-23(36)22-17(3)24(35-30-10-11-31-35)43-25(22)33(27(34)38)15-21(42-12-13-44(7,39)40)19-14-18(29)8-9-20(19)41-6/h8-11,14,16,21H,12-13,15H2,1-7H3,(H,32,37)/t21-/m0/s1. The Morgan fingerprint density at radius 2 is 1.84 bits per heavy atom. The second kappa shape index (κ2) is 12.6. The molecule has 0 saturated carbocycles. The summed E-state index contributed by atoms with van der Waals surface area (Å²) in [5.41, 5.74) is -2.44. The molecule has 0 bridgehead atoms. The molecular formula is C28H35FN6O7S2. The Kier molecular flexibility index (Phi) is 9.46. The number of halogens is 1. The maximum atomic E-state index is 14.5. The van der Waals surface area contributed by atoms with Crippen LogP contribution in [0.3, 0.4) is 0 Å². The molecule has 44 heavy (non-hydrogen) atoms. The van der Waals surface area contributed by atoms with Gasteiger partial charge in [0, 0.05) is 23.4 Å². The lowest BCUT2D eigenvalue weighted by molar-refractivity contribution is -0.129. The molecule has 0 fully saturated rings. The molecule has 0 aliphatic carbocycles. The fourth-order valence-corrected chi connectivity index (χ4v) is 6.36. The zero-order valence-corrected chi connectivity index (χ0v) is 27.1. The Balaban J connectivity index is 2.02. The number of carbonyl (C=O) groups excluding carboxylic acids is 1. The van der Waals surface area contributed by atoms with Crippen molar-refractivity contribution in [2.24, 2.45) is 0 Å². The Bertz CT molecular complexity index is 1910. The smallest absolute Gasteiger partial charge is 0.333 e. The molecule has 3 heterocycles. The van der Waals surface area contributed by atoms with Gasteiger partial charge in [-0.25, -0.2) is 22.2 Å². The monoisotopic (exact) mass is 650 g/mol. The van der Waals surface area contributed by atoms with Crippen molar-refractivity contribution in [1.82, 2.24) is 29.4 Å². The number of carbonyl (C=O) groups is 1. The minimum atomic E-state index is -3.42. The van der Waals surface area contributed by atoms with Gasteiger partial charge in [-0.1, -0.05) is 11.3 Å². The molecule has 4 aromatic rings. The average molecular weight is 651 g/mol. The second-order valence-corrected chi connectivity index (χ2v) is 14.4. The maximum absolute atomic E-state index is 14.5. The summed E-state index contributed by atoms with van der Waals surface area (Å²) in [6.07, 6.45) is 2.89. The highest BCUT2D eigenvalue weighted by Gasteiger charge is 2.36. The quantitative estimate of drug-likeness (QED) is 0.243. The highest BCUT2D eigenvalue weighted by molar-refractivity contribution is 7.90. The maximum Gasteiger partial charge on any atom is 0.333 e. The van der Waals surface area contributed by atoms with Gasteiger partial charge in [0.2, 0.25) is 5.91 Å². The van der Waals surface area contributed by atoms with Crippen LogP contribution in [0.25, 0.3) is 15.2 Å². The van der Waals surface area contributed by atoms with Crippen molar-refractivity contribution in [2.75, 3.05) is 25.7 Å². The van der Waals surface area contributed by atoms with E-state index >= 15 is 0 Å². The van der Waals surface area contributed by atoms with E-state index in [1.54, 1.807) is 20.8 Å². The number of hydrogen-bond acceptors (Lipinski definition) is 10. The normalized spacial score (nSPS) is 13.0. The van der Waals surface area contributed by atoms with Crippen molar-refractivity contribution in [1.29, 1.82) is 0 Å². The number of ether oxygens (including phenoxy) is 2. The van der Waals surface area contributed by atoms with Crippen LogP contribution in [0.15, 0.2) is 40.2 Å². The first-order valence-corrected chi connectivity index (χ1v) is 16.5. The predicted octanol–water partition coefficient (Wildman–Crippen LogP) is 2.32. The van der Waals surface area contributed by atoms with Crippen LogP contribution in [0.2, 0.25) is 0 Å². The Morgan fingerprint density at radius 3 is 2.43 bits per heavy atom. The topological polar surface area (TPSA) is 156 Å². The highest BCUT2D eigenvalue weighted by atomic mass is 32.2. The van der Waals surface area contributed by atoms with Gasteiger partial charge in [0.05, 0.1) is 43.8 Å². The number of methoxy groups -OCH3 is 1. The SMILES string of the molecule is COc1ccc(F)cc1[C@H](Cn1c(=O)n(C(C)(C)C(=O)NC(C)C)c(=O)c2c(C)c(-n3nccn3)sc21)OCCS(C)(=O)=O. The summed E-state index contributed by atoms with van der Waals surface area (Å²) >= 11 is 1.08. The van der Waals surface area contributed by atoms with Gasteiger partial charge in [-0.15, -0.1) is 4.80 Å². The first-order chi connectivity index (χ1) is 20.6. The lowest BCUT2D eigenvalue weighted by atomic mass is 10.0. The number of benzene rings is 1. The number of nitrogens with one attached hydrogen (secondary N) is 1. The van der Waals surface area contributed by atoms with Crippen LogP contribution >= 0.6 is 11.3 Å². The number of thiophene rings is 1. The van der Waals surface area contributed by atoms with Gasteiger partial charge < -0.3 is 14.8 Å². The average Bonchev–Trinajstić information content (AvgIpc) is 3.57. The third-order valence-electron chi connectivity index (χ3n) is 6.98. The molecule has 1 amide bonds. The van der Waals surface area contributed by atoms with E-state index in [4.69, 9.17) is 9.47 Å². The summed E-state index contributed by atoms with van der Waals surface area (Å²) in [6.45, 7) is 7.59. The molecular weight excluding hydrogens is 615 g/mol. The van der Waals surface area contributed by atoms with Gasteiger partial charge in [-0.3, -0.25) is 14.2 Å². The van der Waals surface area contributed by atoms with Gasteiger partial charge in [0.25, 0.3) is 5.56 Å². The molecule has 1 N–H and O–H groups in total. The van der Waals surface area contributed by atoms with Crippen LogP contribution in [-0.2, 0) is 31.5 Å². The van der Waals surface area contributed by atoms with Crippen molar-refractivity contribution >= 4 is 37.3 Å². The molecule has 0 aliphatic rings. The van der Waals surface area contributed by atoms with E-state index in [-0.39, 0.29) is 46.5 Å². The van der Waals surface area contributed by atoms with Crippen LogP contribution < -0.4 is 21.3 Å². The molecule has 0 saturated heterocycles. The number of aromatic nitrogens is 5. The largest absolute Gasteiger partial charge is 0.496 e. The van der Waals surface area contributed by atoms with E-state index in [1.807, 2.05) is 0 Å². The van der Waals surface area contributed by atoms with Gasteiger partial charge in [0.15, 0.2) is 0 Å². The van der Waals surface area contributed by atoms with E-state index in [2.05, 4.69) is 15.5 Å². The second-order valence-electron chi connectivity index (χ2n) is 11.1. The van der Waals surface area contributed by atoms with Gasteiger partial charge >= 0.3 is 5.69 Å². The molecule has 1 aromatic carbocycles. The number of amides is 1. The van der Waals surface area contributed by atoms with Gasteiger partial charge in [-0.2, -0.15) is 10.2 Å². The number of sulfone groups is 1. The summed E-state index contributed by atoms with van der Waals surface area (Å²) in [5.74, 6) is -1.24. The summed E-state index contributed by atoms with van der Waals surface area (Å²) in [5, 5.41) is 11.7. The van der Waals surface area contributed by atoms with Gasteiger partial charge in [0.1, 0.15) is 42.9 Å². The van der Waals surface area contributed by atoms with Crippen LogP contribution in [-0.4, -0.2) is 70.2 Å². The predicted molar refractivity (Wildman–Crippen MR) is 164 cm³/mol. The molecule has 1 atom stereocenters. The van der Waals surface area contributed by atoms with Crippen LogP contribution in [0.4, 0.5) is 4.39 Å². The first-order valence-electron chi connectivity index (χ1n) is 13.7. The van der Waals surface area contributed by atoms with E-state index in [0.29, 0.717) is 10.6 Å². The van der Waals surface area contributed by atoms with E-state index in [1.165, 1.54) is 60.9 Å². The third kappa shape index (κ3) is 6.61. The van der Waals surface area contributed by atoms with Crippen molar-refractivity contribution in [3.05, 3.63) is 68.4 Å². The summed E-state index contributed by atoms with van der Waals surface area (Å²) in [4.78, 5) is 43.3. The van der Waals surface area contributed by atoms with E-state index < -0.39 is 44.5 Å². The number of aryl methyl sites for hydroxylation is 1. The minimum Gasteiger partial charge on any atom is -0.496 e. The van der Waals surface area contributed by atoms with Crippen molar-refractivity contribution in [3.63, 3.8) is 0 Å². The van der Waals surface area contributed by atoms with Crippen molar-refractivity contribution in [3.8, 4) is 10.8 Å². The van der Waals surface area contributed by atoms with Crippen molar-refractivity contribution in [2.45, 2.75) is 58.8 Å². The summed E-state index contributed by atoms with van der Waals surface area (Å²) in [7, 11) is -2.04. The molecule has 4 rings (SSSR count). The minimum absolute atomic E-state index is 0.161. The number of hydrogen-bond donors (Lipinski definition) is 1. The lowest BCUT2D eigenvalue weighted by Crippen LogP contribution is -2.56. The number of rotatable bonds is 12. The highest BCUT2D eigenvalue weighted by Crippen LogP contribution is 2.34. The molecule has 13 nitrogen and oxygen atoms in total. The molecule has 238 valence electrons. The van der Waals surface area contributed by atoms with Crippen molar-refractivity contribution < 1.29 is 27.1 Å². The Morgan fingerprint density at radius 1 is 1.18 bits per heavy atom. The molecule has 3 aromatic heterocycles. The third-order valence-corrected chi connectivity index (χ3v) is 9.17. The van der Waals surface area contributed by atoms with E-state index in [0.717, 1.165) is 22.2 Å². The van der Waals surface area contributed by atoms with Crippen LogP contribution in [0.5, 0.6) is 5.75 Å². The zero-order valence-electron chi connectivity index (χ0n) is 25.5. The zero-order chi connectivity index (χ0) is 32.6. The molecule has 0 aliphatic heterocycles. The van der Waals surface area contributed by atoms with Crippen LogP contribution in [0, 0.1) is 12.7 Å². The fraction of sp³-hybridized carbons (Fsp3) is 0.464. The fourth-order valence-electron chi connectivity index (χ4n) is 4.75. The van der Waals surface area contributed by atoms with Crippen LogP contribution in [0.1, 0.15) is 44.9 Å². The number of fused-ring (bicyclic) bond motifs is 1. The summed E-state index contributed by atoms with van der Waals surface area (Å²) < 4.78 is 51.9. The number of nitrogens with zero attached hydrogens (tertiary/aromatic N) is 5. The van der Waals surface area contributed by atoms with E-state index in [9.17, 15) is 27.2 Å². The summed E-state index contributed by atoms with van der Waals surface area (Å²) in [6, 6.07) is 3.51.